The van der Waals surface area contributed by atoms with Crippen molar-refractivity contribution in [3.63, 3.8) is 0 Å². The number of hydrogen-bond acceptors (Lipinski definition) is 4. The smallest absolute Gasteiger partial charge is 0.330 e. The van der Waals surface area contributed by atoms with Gasteiger partial charge in [0.05, 0.1) is 17.0 Å². The fraction of sp³-hybridized carbons (Fsp3) is 0.300. The minimum Gasteiger partial charge on any atom is -0.330 e. The molecule has 0 saturated heterocycles. The Labute approximate surface area is 172 Å². The normalized spacial score (nSPS) is 11.8. The van der Waals surface area contributed by atoms with Crippen LogP contribution in [0.5, 0.6) is 0 Å². The predicted octanol–water partition coefficient (Wildman–Crippen LogP) is 3.35. The molecule has 0 spiro atoms. The third-order valence-electron chi connectivity index (χ3n) is 4.11. The molecule has 0 heterocycles. The molecule has 0 aromatic heterocycles. The van der Waals surface area contributed by atoms with Gasteiger partial charge in [0.15, 0.2) is 9.84 Å². The molecule has 0 aliphatic rings. The number of rotatable bonds is 7. The van der Waals surface area contributed by atoms with Crippen molar-refractivity contribution in [3.05, 3.63) is 65.2 Å². The molecule has 30 heavy (non-hydrogen) atoms. The molecular weight excluding hydrogens is 421 g/mol. The van der Waals surface area contributed by atoms with Crippen LogP contribution in [-0.4, -0.2) is 44.5 Å². The van der Waals surface area contributed by atoms with Crippen molar-refractivity contribution in [2.45, 2.75) is 18.9 Å². The Morgan fingerprint density at radius 1 is 1.07 bits per heavy atom. The van der Waals surface area contributed by atoms with Crippen LogP contribution in [0.15, 0.2) is 48.5 Å². The van der Waals surface area contributed by atoms with E-state index in [2.05, 4.69) is 5.32 Å². The van der Waals surface area contributed by atoms with Gasteiger partial charge in [0, 0.05) is 18.4 Å². The summed E-state index contributed by atoms with van der Waals surface area (Å²) in [6.07, 6.45) is -3.56. The van der Waals surface area contributed by atoms with Gasteiger partial charge in [-0.25, -0.2) is 8.42 Å². The first-order valence-corrected chi connectivity index (χ1v) is 11.0. The van der Waals surface area contributed by atoms with Crippen LogP contribution in [0.2, 0.25) is 0 Å². The van der Waals surface area contributed by atoms with Crippen LogP contribution in [0.3, 0.4) is 0 Å². The topological polar surface area (TPSA) is 83.6 Å². The van der Waals surface area contributed by atoms with Crippen LogP contribution < -0.4 is 5.32 Å². The van der Waals surface area contributed by atoms with Crippen LogP contribution in [0, 0.1) is 0 Å². The van der Waals surface area contributed by atoms with Gasteiger partial charge in [-0.05, 0) is 36.8 Å². The van der Waals surface area contributed by atoms with Crippen molar-refractivity contribution in [2.75, 3.05) is 24.7 Å². The average Bonchev–Trinajstić information content (AvgIpc) is 2.64. The molecular formula is C20H21F3N2O4S. The highest BCUT2D eigenvalue weighted by Gasteiger charge is 2.33. The van der Waals surface area contributed by atoms with E-state index < -0.39 is 45.6 Å². The Morgan fingerprint density at radius 2 is 1.73 bits per heavy atom. The molecule has 0 fully saturated rings. The first-order chi connectivity index (χ1) is 13.9. The molecule has 0 aliphatic carbocycles. The molecule has 10 heteroatoms. The SMILES string of the molecule is CCN(CC(=O)Nc1ccccc1C(F)(F)F)C(=O)c1cccc(CS(C)(=O)=O)c1. The Balaban J connectivity index is 2.15. The molecule has 2 amide bonds. The fourth-order valence-electron chi connectivity index (χ4n) is 2.81. The zero-order valence-electron chi connectivity index (χ0n) is 16.4. The Kier molecular flexibility index (Phi) is 7.25. The van der Waals surface area contributed by atoms with Gasteiger partial charge in [0.1, 0.15) is 6.54 Å². The summed E-state index contributed by atoms with van der Waals surface area (Å²) in [5.41, 5.74) is -0.778. The van der Waals surface area contributed by atoms with Gasteiger partial charge in [-0.3, -0.25) is 9.59 Å². The third-order valence-corrected chi connectivity index (χ3v) is 4.97. The zero-order valence-corrected chi connectivity index (χ0v) is 17.2. The Bertz CT molecular complexity index is 1040. The quantitative estimate of drug-likeness (QED) is 0.713. The lowest BCUT2D eigenvalue weighted by Gasteiger charge is -2.21. The molecule has 0 radical (unpaired) electrons. The number of carbonyl (C=O) groups excluding carboxylic acids is 2. The van der Waals surface area contributed by atoms with Gasteiger partial charge in [-0.15, -0.1) is 0 Å². The van der Waals surface area contributed by atoms with Gasteiger partial charge in [-0.2, -0.15) is 13.2 Å². The summed E-state index contributed by atoms with van der Waals surface area (Å²) in [4.78, 5) is 26.2. The molecule has 0 aliphatic heterocycles. The number of amides is 2. The summed E-state index contributed by atoms with van der Waals surface area (Å²) < 4.78 is 62.1. The number of carbonyl (C=O) groups is 2. The molecule has 0 saturated carbocycles. The van der Waals surface area contributed by atoms with E-state index in [4.69, 9.17) is 0 Å². The van der Waals surface area contributed by atoms with Crippen LogP contribution >= 0.6 is 0 Å². The van der Waals surface area contributed by atoms with E-state index in [9.17, 15) is 31.2 Å². The van der Waals surface area contributed by atoms with Crippen molar-refractivity contribution in [1.82, 2.24) is 4.90 Å². The number of anilines is 1. The number of likely N-dealkylation sites (N-methyl/N-ethyl adjacent to an activating group) is 1. The summed E-state index contributed by atoms with van der Waals surface area (Å²) >= 11 is 0. The maximum absolute atomic E-state index is 13.1. The van der Waals surface area contributed by atoms with E-state index in [-0.39, 0.29) is 17.9 Å². The van der Waals surface area contributed by atoms with Gasteiger partial charge in [0.2, 0.25) is 5.91 Å². The lowest BCUT2D eigenvalue weighted by molar-refractivity contribution is -0.137. The van der Waals surface area contributed by atoms with Crippen molar-refractivity contribution >= 4 is 27.3 Å². The Hall–Kier alpha value is -2.88. The molecule has 0 bridgehead atoms. The predicted molar refractivity (Wildman–Crippen MR) is 107 cm³/mol. The highest BCUT2D eigenvalue weighted by Crippen LogP contribution is 2.34. The van der Waals surface area contributed by atoms with Crippen LogP contribution in [0.4, 0.5) is 18.9 Å². The van der Waals surface area contributed by atoms with Crippen LogP contribution in [0.1, 0.15) is 28.4 Å². The molecule has 0 unspecified atom stereocenters. The van der Waals surface area contributed by atoms with E-state index >= 15 is 0 Å². The molecule has 6 nitrogen and oxygen atoms in total. The van der Waals surface area contributed by atoms with Crippen LogP contribution in [-0.2, 0) is 26.6 Å². The molecule has 1 N–H and O–H groups in total. The van der Waals surface area contributed by atoms with Gasteiger partial charge < -0.3 is 10.2 Å². The molecule has 2 aromatic rings. The average molecular weight is 442 g/mol. The highest BCUT2D eigenvalue weighted by molar-refractivity contribution is 7.89. The van der Waals surface area contributed by atoms with Crippen molar-refractivity contribution in [3.8, 4) is 0 Å². The molecule has 0 atom stereocenters. The van der Waals surface area contributed by atoms with E-state index in [0.29, 0.717) is 5.56 Å². The minimum absolute atomic E-state index is 0.128. The first kappa shape index (κ1) is 23.4. The fourth-order valence-corrected chi connectivity index (χ4v) is 3.59. The number of alkyl halides is 3. The van der Waals surface area contributed by atoms with Gasteiger partial charge >= 0.3 is 6.18 Å². The first-order valence-electron chi connectivity index (χ1n) is 8.92. The molecule has 2 aromatic carbocycles. The van der Waals surface area contributed by atoms with Gasteiger partial charge in [0.25, 0.3) is 5.91 Å². The number of sulfone groups is 1. The summed E-state index contributed by atoms with van der Waals surface area (Å²) in [6, 6.07) is 10.6. The van der Waals surface area contributed by atoms with Crippen molar-refractivity contribution in [1.29, 1.82) is 0 Å². The molecule has 162 valence electrons. The van der Waals surface area contributed by atoms with Crippen molar-refractivity contribution in [2.24, 2.45) is 0 Å². The number of halogens is 3. The van der Waals surface area contributed by atoms with E-state index in [1.807, 2.05) is 0 Å². The van der Waals surface area contributed by atoms with Gasteiger partial charge in [-0.1, -0.05) is 24.3 Å². The second-order valence-electron chi connectivity index (χ2n) is 6.68. The number of nitrogens with one attached hydrogen (secondary N) is 1. The summed E-state index contributed by atoms with van der Waals surface area (Å²) in [6.45, 7) is 1.29. The lowest BCUT2D eigenvalue weighted by Crippen LogP contribution is -2.38. The minimum atomic E-state index is -4.63. The molecule has 2 rings (SSSR count). The monoisotopic (exact) mass is 442 g/mol. The van der Waals surface area contributed by atoms with E-state index in [0.717, 1.165) is 23.3 Å². The zero-order chi connectivity index (χ0) is 22.5. The summed E-state index contributed by atoms with van der Waals surface area (Å²) in [5, 5.41) is 2.20. The number of para-hydroxylation sites is 1. The summed E-state index contributed by atoms with van der Waals surface area (Å²) in [7, 11) is -3.30. The Morgan fingerprint density at radius 3 is 2.33 bits per heavy atom. The number of nitrogens with zero attached hydrogens (tertiary/aromatic N) is 1. The second-order valence-corrected chi connectivity index (χ2v) is 8.82. The van der Waals surface area contributed by atoms with E-state index in [1.165, 1.54) is 30.3 Å². The summed E-state index contributed by atoms with van der Waals surface area (Å²) in [5.74, 6) is -1.56. The largest absolute Gasteiger partial charge is 0.418 e. The maximum Gasteiger partial charge on any atom is 0.418 e. The number of hydrogen-bond donors (Lipinski definition) is 1. The second kappa shape index (κ2) is 9.29. The standard InChI is InChI=1S/C20H21F3N2O4S/c1-3-25(19(27)15-8-6-7-14(11-15)13-30(2,28)29)12-18(26)24-17-10-5-4-9-16(17)20(21,22)23/h4-11H,3,12-13H2,1-2H3,(H,24,26). The lowest BCUT2D eigenvalue weighted by atomic mass is 10.1. The maximum atomic E-state index is 13.1. The third kappa shape index (κ3) is 6.58. The number of benzene rings is 2. The van der Waals surface area contributed by atoms with Crippen molar-refractivity contribution < 1.29 is 31.2 Å². The van der Waals surface area contributed by atoms with E-state index in [1.54, 1.807) is 13.0 Å². The highest BCUT2D eigenvalue weighted by atomic mass is 32.2. The van der Waals surface area contributed by atoms with Crippen LogP contribution in [0.25, 0.3) is 0 Å².